The molecule has 10 nitrogen and oxygen atoms in total. The van der Waals surface area contributed by atoms with Crippen molar-refractivity contribution in [2.24, 2.45) is 5.92 Å². The molecule has 0 spiro atoms. The molecule has 0 radical (unpaired) electrons. The van der Waals surface area contributed by atoms with Crippen LogP contribution in [0.25, 0.3) is 0 Å². The van der Waals surface area contributed by atoms with Crippen molar-refractivity contribution in [3.05, 3.63) is 41.1 Å². The molecule has 0 aromatic carbocycles. The first kappa shape index (κ1) is 27.1. The number of carbonyl (C=O) groups excluding carboxylic acids is 3. The monoisotopic (exact) mass is 566 g/mol. The summed E-state index contributed by atoms with van der Waals surface area (Å²) in [5, 5.41) is 12.8. The number of aryl methyl sites for hydroxylation is 1. The van der Waals surface area contributed by atoms with Gasteiger partial charge >= 0.3 is 6.03 Å². The van der Waals surface area contributed by atoms with E-state index in [2.05, 4.69) is 32.8 Å². The highest BCUT2D eigenvalue weighted by Crippen LogP contribution is 2.48. The highest BCUT2D eigenvalue weighted by molar-refractivity contribution is 8.04. The van der Waals surface area contributed by atoms with Gasteiger partial charge in [0.15, 0.2) is 0 Å². The molecule has 2 saturated heterocycles. The van der Waals surface area contributed by atoms with Crippen molar-refractivity contribution >= 4 is 35.3 Å². The highest BCUT2D eigenvalue weighted by atomic mass is 32.2. The van der Waals surface area contributed by atoms with Crippen molar-refractivity contribution in [2.75, 3.05) is 11.4 Å². The molecule has 4 N–H and O–H groups in total. The second-order valence-corrected chi connectivity index (χ2v) is 12.6. The van der Waals surface area contributed by atoms with Gasteiger partial charge in [-0.3, -0.25) is 14.5 Å². The van der Waals surface area contributed by atoms with E-state index in [-0.39, 0.29) is 53.4 Å². The third-order valence-corrected chi connectivity index (χ3v) is 10.2. The van der Waals surface area contributed by atoms with Crippen LogP contribution < -0.4 is 30.9 Å². The van der Waals surface area contributed by atoms with E-state index in [1.54, 1.807) is 6.20 Å². The Bertz CT molecular complexity index is 1230. The molecule has 214 valence electrons. The maximum Gasteiger partial charge on any atom is 0.326 e. The van der Waals surface area contributed by atoms with E-state index in [0.717, 1.165) is 62.7 Å². The summed E-state index contributed by atoms with van der Waals surface area (Å²) in [5.41, 5.74) is 2.40. The van der Waals surface area contributed by atoms with Crippen LogP contribution in [0.2, 0.25) is 0 Å². The summed E-state index contributed by atoms with van der Waals surface area (Å²) < 4.78 is 6.09. The van der Waals surface area contributed by atoms with Crippen molar-refractivity contribution in [3.8, 4) is 5.88 Å². The van der Waals surface area contributed by atoms with Crippen molar-refractivity contribution in [2.45, 2.75) is 94.3 Å². The van der Waals surface area contributed by atoms with Gasteiger partial charge in [-0.15, -0.1) is 0 Å². The quantitative estimate of drug-likeness (QED) is 0.374. The zero-order valence-corrected chi connectivity index (χ0v) is 23.7. The third-order valence-electron chi connectivity index (χ3n) is 8.85. The minimum absolute atomic E-state index is 0.0153. The number of pyridine rings is 1. The summed E-state index contributed by atoms with van der Waals surface area (Å²) in [6.45, 7) is 6.28. The van der Waals surface area contributed by atoms with Gasteiger partial charge in [-0.2, -0.15) is 0 Å². The molecule has 4 heterocycles. The molecule has 2 aliphatic carbocycles. The predicted molar refractivity (Wildman–Crippen MR) is 154 cm³/mol. The molecule has 6 rings (SSSR count). The predicted octanol–water partition coefficient (Wildman–Crippen LogP) is 3.23. The minimum Gasteiger partial charge on any atom is -0.474 e. The van der Waals surface area contributed by atoms with E-state index in [0.29, 0.717) is 16.5 Å². The number of piperidine rings is 1. The van der Waals surface area contributed by atoms with Gasteiger partial charge in [0.05, 0.1) is 28.2 Å². The summed E-state index contributed by atoms with van der Waals surface area (Å²) >= 11 is 1.49. The Morgan fingerprint density at radius 3 is 2.58 bits per heavy atom. The first-order valence-corrected chi connectivity index (χ1v) is 15.4. The minimum atomic E-state index is -0.243. The van der Waals surface area contributed by atoms with Gasteiger partial charge < -0.3 is 26.0 Å². The van der Waals surface area contributed by atoms with E-state index in [9.17, 15) is 14.4 Å². The molecule has 5 atom stereocenters. The van der Waals surface area contributed by atoms with Crippen LogP contribution >= 0.6 is 11.8 Å². The van der Waals surface area contributed by atoms with E-state index in [1.165, 1.54) is 30.7 Å². The largest absolute Gasteiger partial charge is 0.474 e. The van der Waals surface area contributed by atoms with Crippen LogP contribution in [0.3, 0.4) is 0 Å². The number of nitrogens with one attached hydrogen (secondary N) is 4. The lowest BCUT2D eigenvalue weighted by molar-refractivity contribution is -0.120. The first-order chi connectivity index (χ1) is 19.4. The molecular formula is C29H38N6O4S. The van der Waals surface area contributed by atoms with Crippen LogP contribution in [0.15, 0.2) is 35.5 Å². The molecule has 2 saturated carbocycles. The van der Waals surface area contributed by atoms with Crippen LogP contribution in [0.4, 0.5) is 10.5 Å². The van der Waals surface area contributed by atoms with Gasteiger partial charge in [0, 0.05) is 29.8 Å². The molecule has 3 unspecified atom stereocenters. The van der Waals surface area contributed by atoms with Crippen molar-refractivity contribution < 1.29 is 19.1 Å². The van der Waals surface area contributed by atoms with Crippen molar-refractivity contribution in [1.29, 1.82) is 0 Å². The topological polar surface area (TPSA) is 125 Å². The Kier molecular flexibility index (Phi) is 7.76. The van der Waals surface area contributed by atoms with Gasteiger partial charge in [0.1, 0.15) is 6.10 Å². The maximum absolute atomic E-state index is 13.6. The van der Waals surface area contributed by atoms with Crippen LogP contribution in [-0.4, -0.2) is 59.0 Å². The van der Waals surface area contributed by atoms with Crippen LogP contribution in [0.5, 0.6) is 5.88 Å². The fourth-order valence-electron chi connectivity index (χ4n) is 6.87. The average Bonchev–Trinajstić information content (AvgIpc) is 3.59. The number of ether oxygens (including phenoxy) is 1. The summed E-state index contributed by atoms with van der Waals surface area (Å²) in [6.07, 6.45) is 12.1. The van der Waals surface area contributed by atoms with Crippen molar-refractivity contribution in [3.63, 3.8) is 0 Å². The van der Waals surface area contributed by atoms with E-state index >= 15 is 0 Å². The van der Waals surface area contributed by atoms with Gasteiger partial charge in [-0.25, -0.2) is 9.78 Å². The smallest absolute Gasteiger partial charge is 0.326 e. The molecule has 1 aromatic rings. The summed E-state index contributed by atoms with van der Waals surface area (Å²) in [5.74, 6) is 0.132. The van der Waals surface area contributed by atoms with E-state index in [1.807, 2.05) is 17.9 Å². The number of aromatic nitrogens is 1. The Hall–Kier alpha value is -3.05. The number of hydrogen-bond acceptors (Lipinski definition) is 7. The summed E-state index contributed by atoms with van der Waals surface area (Å²) in [4.78, 5) is 46.1. The Labute approximate surface area is 239 Å². The number of carbonyl (C=O) groups is 3. The van der Waals surface area contributed by atoms with Crippen LogP contribution in [0, 0.1) is 12.8 Å². The molecule has 40 heavy (non-hydrogen) atoms. The maximum atomic E-state index is 13.6. The number of thioether (sulfide) groups is 1. The molecule has 1 aromatic heterocycles. The standard InChI is InChI=1S/C29H38N6O4S/c1-3-22(36)32-18-10-6-7-11-19(18)33-27(37)26-25-24-20(12-13-30-28(24)40-26)35(29(38)34-25)21-15-31-23(14-16(21)2)39-17-8-4-5-9-17/h3,14-15,17-20,24,28,30H,1,4-13H2,2H3,(H,32,36)(H,33,37)(H,34,38)/t18-,19+,20?,24?,28?/m0/s1. The average molecular weight is 567 g/mol. The lowest BCUT2D eigenvalue weighted by atomic mass is 9.86. The third kappa shape index (κ3) is 5.21. The molecule has 5 aliphatic rings. The zero-order chi connectivity index (χ0) is 27.8. The number of urea groups is 1. The molecule has 0 bridgehead atoms. The van der Waals surface area contributed by atoms with Crippen LogP contribution in [-0.2, 0) is 9.59 Å². The van der Waals surface area contributed by atoms with Gasteiger partial charge in [0.25, 0.3) is 5.91 Å². The number of hydrogen-bond donors (Lipinski definition) is 4. The van der Waals surface area contributed by atoms with E-state index in [4.69, 9.17) is 4.74 Å². The first-order valence-electron chi connectivity index (χ1n) is 14.5. The SMILES string of the molecule is C=CC(=O)N[C@H]1CCCC[C@H]1NC(=O)C1=C2NC(=O)N(c3cnc(OC4CCCC4)cc3C)C3CCNC(S1)C23. The number of amides is 4. The summed E-state index contributed by atoms with van der Waals surface area (Å²) in [6, 6.07) is 1.29. The Morgan fingerprint density at radius 1 is 1.12 bits per heavy atom. The lowest BCUT2D eigenvalue weighted by Crippen LogP contribution is -2.62. The van der Waals surface area contributed by atoms with E-state index < -0.39 is 0 Å². The molecular weight excluding hydrogens is 528 g/mol. The Balaban J connectivity index is 1.21. The van der Waals surface area contributed by atoms with Gasteiger partial charge in [0.2, 0.25) is 11.8 Å². The molecule has 4 fully saturated rings. The number of rotatable bonds is 7. The molecule has 3 aliphatic heterocycles. The number of nitrogens with zero attached hydrogens (tertiary/aromatic N) is 2. The lowest BCUT2D eigenvalue weighted by Gasteiger charge is -2.46. The fraction of sp³-hybridized carbons (Fsp3) is 0.586. The second kappa shape index (κ2) is 11.4. The van der Waals surface area contributed by atoms with Gasteiger partial charge in [-0.05, 0) is 70.1 Å². The fourth-order valence-corrected chi connectivity index (χ4v) is 8.27. The van der Waals surface area contributed by atoms with Crippen LogP contribution in [0.1, 0.15) is 63.4 Å². The highest BCUT2D eigenvalue weighted by Gasteiger charge is 2.52. The summed E-state index contributed by atoms with van der Waals surface area (Å²) in [7, 11) is 0. The van der Waals surface area contributed by atoms with Crippen molar-refractivity contribution in [1.82, 2.24) is 26.3 Å². The Morgan fingerprint density at radius 2 is 1.85 bits per heavy atom. The molecule has 11 heteroatoms. The molecule has 4 amide bonds. The van der Waals surface area contributed by atoms with Gasteiger partial charge in [-0.1, -0.05) is 31.2 Å². The normalized spacial score (nSPS) is 30.0. The number of anilines is 1. The zero-order valence-electron chi connectivity index (χ0n) is 22.9. The second-order valence-electron chi connectivity index (χ2n) is 11.4.